The van der Waals surface area contributed by atoms with Gasteiger partial charge in [0.25, 0.3) is 0 Å². The van der Waals surface area contributed by atoms with Crippen LogP contribution in [0.5, 0.6) is 0 Å². The molecule has 0 N–H and O–H groups in total. The van der Waals surface area contributed by atoms with Crippen LogP contribution in [0.4, 0.5) is 0 Å². The van der Waals surface area contributed by atoms with Crippen LogP contribution in [-0.2, 0) is 0 Å². The zero-order chi connectivity index (χ0) is 13.4. The standard InChI is InChI=1S/C16H11ClOS/c1-10-9-12(5-6-14(10)17)15(18)13-4-2-3-11-7-8-19-16(11)13/h2-9H,1H3. The summed E-state index contributed by atoms with van der Waals surface area (Å²) in [5.74, 6) is 0.0489. The van der Waals surface area contributed by atoms with Crippen LogP contribution >= 0.6 is 22.9 Å². The van der Waals surface area contributed by atoms with Crippen LogP contribution in [0.3, 0.4) is 0 Å². The fourth-order valence-corrected chi connectivity index (χ4v) is 3.14. The molecule has 0 radical (unpaired) electrons. The topological polar surface area (TPSA) is 17.1 Å². The molecule has 0 bridgehead atoms. The van der Waals surface area contributed by atoms with Crippen molar-refractivity contribution in [2.24, 2.45) is 0 Å². The molecule has 3 heteroatoms. The van der Waals surface area contributed by atoms with Crippen molar-refractivity contribution in [2.75, 3.05) is 0 Å². The molecule has 0 fully saturated rings. The SMILES string of the molecule is Cc1cc(C(=O)c2cccc3ccsc23)ccc1Cl. The smallest absolute Gasteiger partial charge is 0.194 e. The minimum atomic E-state index is 0.0489. The summed E-state index contributed by atoms with van der Waals surface area (Å²) in [4.78, 5) is 12.6. The van der Waals surface area contributed by atoms with Crippen molar-refractivity contribution >= 4 is 38.8 Å². The number of carbonyl (C=O) groups excluding carboxylic acids is 1. The molecule has 94 valence electrons. The third-order valence-corrected chi connectivity index (χ3v) is 4.53. The molecule has 2 aromatic carbocycles. The van der Waals surface area contributed by atoms with Gasteiger partial charge in [0, 0.05) is 20.8 Å². The van der Waals surface area contributed by atoms with E-state index in [4.69, 9.17) is 11.6 Å². The molecule has 19 heavy (non-hydrogen) atoms. The summed E-state index contributed by atoms with van der Waals surface area (Å²) >= 11 is 7.60. The number of halogens is 1. The van der Waals surface area contributed by atoms with E-state index >= 15 is 0 Å². The lowest BCUT2D eigenvalue weighted by molar-refractivity contribution is 0.104. The molecule has 0 saturated carbocycles. The highest BCUT2D eigenvalue weighted by atomic mass is 35.5. The molecule has 1 nitrogen and oxygen atoms in total. The summed E-state index contributed by atoms with van der Waals surface area (Å²) < 4.78 is 1.04. The largest absolute Gasteiger partial charge is 0.289 e. The van der Waals surface area contributed by atoms with E-state index in [0.717, 1.165) is 21.2 Å². The molecule has 0 unspecified atom stereocenters. The lowest BCUT2D eigenvalue weighted by atomic mass is 10.0. The van der Waals surface area contributed by atoms with Crippen LogP contribution < -0.4 is 0 Å². The second-order valence-corrected chi connectivity index (χ2v) is 5.76. The van der Waals surface area contributed by atoms with Crippen molar-refractivity contribution in [2.45, 2.75) is 6.92 Å². The summed E-state index contributed by atoms with van der Waals surface area (Å²) in [5.41, 5.74) is 2.36. The molecule has 1 heterocycles. The van der Waals surface area contributed by atoms with E-state index in [1.165, 1.54) is 0 Å². The summed E-state index contributed by atoms with van der Waals surface area (Å²) in [6.07, 6.45) is 0. The zero-order valence-electron chi connectivity index (χ0n) is 10.3. The monoisotopic (exact) mass is 286 g/mol. The van der Waals surface area contributed by atoms with Gasteiger partial charge < -0.3 is 0 Å². The van der Waals surface area contributed by atoms with E-state index in [9.17, 15) is 4.79 Å². The molecule has 0 aliphatic carbocycles. The summed E-state index contributed by atoms with van der Waals surface area (Å²) in [7, 11) is 0. The second kappa shape index (κ2) is 4.80. The highest BCUT2D eigenvalue weighted by molar-refractivity contribution is 7.17. The quantitative estimate of drug-likeness (QED) is 0.599. The Morgan fingerprint density at radius 1 is 1.16 bits per heavy atom. The predicted molar refractivity (Wildman–Crippen MR) is 81.4 cm³/mol. The summed E-state index contributed by atoms with van der Waals surface area (Å²) in [5, 5.41) is 3.81. The first kappa shape index (κ1) is 12.4. The molecule has 3 rings (SSSR count). The van der Waals surface area contributed by atoms with Crippen molar-refractivity contribution in [3.63, 3.8) is 0 Å². The van der Waals surface area contributed by atoms with Gasteiger partial charge in [0.2, 0.25) is 0 Å². The Balaban J connectivity index is 2.13. The van der Waals surface area contributed by atoms with Gasteiger partial charge in [-0.25, -0.2) is 0 Å². The number of thiophene rings is 1. The van der Waals surface area contributed by atoms with E-state index in [1.54, 1.807) is 23.5 Å². The Morgan fingerprint density at radius 2 is 2.00 bits per heavy atom. The molecule has 0 spiro atoms. The van der Waals surface area contributed by atoms with Crippen LogP contribution in [0.2, 0.25) is 5.02 Å². The average molecular weight is 287 g/mol. The van der Waals surface area contributed by atoms with E-state index in [2.05, 4.69) is 0 Å². The molecule has 0 atom stereocenters. The van der Waals surface area contributed by atoms with Crippen LogP contribution in [0.25, 0.3) is 10.1 Å². The molecule has 0 amide bonds. The first-order valence-corrected chi connectivity index (χ1v) is 7.19. The van der Waals surface area contributed by atoms with Gasteiger partial charge in [0.15, 0.2) is 5.78 Å². The summed E-state index contributed by atoms with van der Waals surface area (Å²) in [6, 6.07) is 13.3. The first-order valence-electron chi connectivity index (χ1n) is 5.94. The number of aryl methyl sites for hydroxylation is 1. The van der Waals surface area contributed by atoms with Gasteiger partial charge >= 0.3 is 0 Å². The van der Waals surface area contributed by atoms with Gasteiger partial charge in [-0.1, -0.05) is 23.7 Å². The molecule has 1 aromatic heterocycles. The number of rotatable bonds is 2. The number of hydrogen-bond donors (Lipinski definition) is 0. The van der Waals surface area contributed by atoms with Crippen LogP contribution in [-0.4, -0.2) is 5.78 Å². The predicted octanol–water partition coefficient (Wildman–Crippen LogP) is 5.09. The van der Waals surface area contributed by atoms with Gasteiger partial charge in [-0.15, -0.1) is 11.3 Å². The van der Waals surface area contributed by atoms with E-state index in [1.807, 2.05) is 42.6 Å². The number of hydrogen-bond acceptors (Lipinski definition) is 2. The number of fused-ring (bicyclic) bond motifs is 1. The highest BCUT2D eigenvalue weighted by Crippen LogP contribution is 2.27. The maximum atomic E-state index is 12.6. The molecule has 3 aromatic rings. The third-order valence-electron chi connectivity index (χ3n) is 3.14. The normalized spacial score (nSPS) is 10.8. The zero-order valence-corrected chi connectivity index (χ0v) is 11.9. The minimum Gasteiger partial charge on any atom is -0.289 e. The molecule has 0 aliphatic heterocycles. The van der Waals surface area contributed by atoms with Gasteiger partial charge in [0.1, 0.15) is 0 Å². The highest BCUT2D eigenvalue weighted by Gasteiger charge is 2.13. The van der Waals surface area contributed by atoms with E-state index < -0.39 is 0 Å². The minimum absolute atomic E-state index is 0.0489. The van der Waals surface area contributed by atoms with Crippen molar-refractivity contribution in [3.8, 4) is 0 Å². The molecule has 0 aliphatic rings. The number of ketones is 1. The summed E-state index contributed by atoms with van der Waals surface area (Å²) in [6.45, 7) is 1.91. The number of carbonyl (C=O) groups is 1. The average Bonchev–Trinajstić information content (AvgIpc) is 2.89. The fourth-order valence-electron chi connectivity index (χ4n) is 2.11. The Bertz CT molecular complexity index is 773. The van der Waals surface area contributed by atoms with Gasteiger partial charge in [-0.2, -0.15) is 0 Å². The van der Waals surface area contributed by atoms with Gasteiger partial charge in [-0.3, -0.25) is 4.79 Å². The molecule has 0 saturated heterocycles. The van der Waals surface area contributed by atoms with Gasteiger partial charge in [-0.05, 0) is 53.6 Å². The van der Waals surface area contributed by atoms with E-state index in [-0.39, 0.29) is 5.78 Å². The lowest BCUT2D eigenvalue weighted by Crippen LogP contribution is -2.01. The van der Waals surface area contributed by atoms with Gasteiger partial charge in [0.05, 0.1) is 0 Å². The maximum Gasteiger partial charge on any atom is 0.194 e. The lowest BCUT2D eigenvalue weighted by Gasteiger charge is -2.05. The Kier molecular flexibility index (Phi) is 3.13. The van der Waals surface area contributed by atoms with Crippen molar-refractivity contribution in [1.29, 1.82) is 0 Å². The Hall–Kier alpha value is -1.64. The molecular formula is C16H11ClOS. The Morgan fingerprint density at radius 3 is 2.79 bits per heavy atom. The second-order valence-electron chi connectivity index (χ2n) is 4.44. The van der Waals surface area contributed by atoms with E-state index in [0.29, 0.717) is 10.6 Å². The van der Waals surface area contributed by atoms with Crippen LogP contribution in [0.15, 0.2) is 47.8 Å². The third kappa shape index (κ3) is 2.18. The van der Waals surface area contributed by atoms with Crippen molar-refractivity contribution in [3.05, 3.63) is 69.6 Å². The Labute approximate surface area is 120 Å². The van der Waals surface area contributed by atoms with Crippen LogP contribution in [0, 0.1) is 6.92 Å². The first-order chi connectivity index (χ1) is 9.16. The molecular weight excluding hydrogens is 276 g/mol. The van der Waals surface area contributed by atoms with Crippen molar-refractivity contribution < 1.29 is 4.79 Å². The number of benzene rings is 2. The maximum absolute atomic E-state index is 12.6. The fraction of sp³-hybridized carbons (Fsp3) is 0.0625. The van der Waals surface area contributed by atoms with Crippen LogP contribution in [0.1, 0.15) is 21.5 Å². The van der Waals surface area contributed by atoms with Crippen molar-refractivity contribution in [1.82, 2.24) is 0 Å².